The molecule has 0 saturated heterocycles. The number of thiazole rings is 1. The molecule has 0 aromatic carbocycles. The van der Waals surface area contributed by atoms with Gasteiger partial charge in [-0.1, -0.05) is 0 Å². The summed E-state index contributed by atoms with van der Waals surface area (Å²) in [6.07, 6.45) is 0. The predicted octanol–water partition coefficient (Wildman–Crippen LogP) is 1.21. The van der Waals surface area contributed by atoms with Gasteiger partial charge in [-0.3, -0.25) is 9.69 Å². The molecule has 0 saturated carbocycles. The van der Waals surface area contributed by atoms with Gasteiger partial charge in [0.1, 0.15) is 0 Å². The molecule has 14 heavy (non-hydrogen) atoms. The van der Waals surface area contributed by atoms with Crippen molar-refractivity contribution in [3.8, 4) is 0 Å². The molecule has 0 radical (unpaired) electrons. The normalized spacial score (nSPS) is 9.86. The van der Waals surface area contributed by atoms with E-state index in [9.17, 15) is 9.59 Å². The predicted molar refractivity (Wildman–Crippen MR) is 52.8 cm³/mol. The molecule has 0 spiro atoms. The average molecular weight is 214 g/mol. The molecular formula is C8H10N2O3S. The zero-order chi connectivity index (χ0) is 10.7. The number of aromatic carboxylic acids is 1. The van der Waals surface area contributed by atoms with Crippen LogP contribution in [-0.2, 0) is 4.79 Å². The number of aromatic nitrogens is 1. The van der Waals surface area contributed by atoms with E-state index in [0.717, 1.165) is 11.3 Å². The van der Waals surface area contributed by atoms with Gasteiger partial charge in [-0.25, -0.2) is 9.78 Å². The number of rotatable bonds is 3. The van der Waals surface area contributed by atoms with Gasteiger partial charge >= 0.3 is 5.97 Å². The maximum atomic E-state index is 11.1. The molecule has 0 aliphatic carbocycles. The number of anilines is 1. The topological polar surface area (TPSA) is 70.5 Å². The SMILES string of the molecule is CCN(C(C)=O)c1nc(C(=O)O)cs1. The van der Waals surface area contributed by atoms with Crippen LogP contribution >= 0.6 is 11.3 Å². The van der Waals surface area contributed by atoms with Crippen molar-refractivity contribution in [2.24, 2.45) is 0 Å². The molecule has 0 aliphatic heterocycles. The van der Waals surface area contributed by atoms with E-state index in [-0.39, 0.29) is 11.6 Å². The highest BCUT2D eigenvalue weighted by atomic mass is 32.1. The van der Waals surface area contributed by atoms with Crippen molar-refractivity contribution < 1.29 is 14.7 Å². The van der Waals surface area contributed by atoms with Gasteiger partial charge in [0.15, 0.2) is 10.8 Å². The van der Waals surface area contributed by atoms with E-state index in [1.54, 1.807) is 0 Å². The first kappa shape index (κ1) is 10.6. The van der Waals surface area contributed by atoms with Crippen molar-refractivity contribution >= 4 is 28.3 Å². The van der Waals surface area contributed by atoms with E-state index in [1.165, 1.54) is 17.2 Å². The van der Waals surface area contributed by atoms with E-state index >= 15 is 0 Å². The number of hydrogen-bond acceptors (Lipinski definition) is 4. The number of carbonyl (C=O) groups is 2. The van der Waals surface area contributed by atoms with Crippen LogP contribution in [0, 0.1) is 0 Å². The Labute approximate surface area is 85.0 Å². The van der Waals surface area contributed by atoms with Gasteiger partial charge in [-0.15, -0.1) is 11.3 Å². The van der Waals surface area contributed by atoms with Gasteiger partial charge in [-0.2, -0.15) is 0 Å². The molecule has 0 aliphatic rings. The highest BCUT2D eigenvalue weighted by Gasteiger charge is 2.15. The summed E-state index contributed by atoms with van der Waals surface area (Å²) < 4.78 is 0. The van der Waals surface area contributed by atoms with Gasteiger partial charge in [0, 0.05) is 18.8 Å². The second-order valence-electron chi connectivity index (χ2n) is 2.58. The third-order valence-electron chi connectivity index (χ3n) is 1.64. The van der Waals surface area contributed by atoms with E-state index in [2.05, 4.69) is 4.98 Å². The third-order valence-corrected chi connectivity index (χ3v) is 2.50. The first-order chi connectivity index (χ1) is 6.56. The molecule has 0 fully saturated rings. The molecule has 1 rings (SSSR count). The first-order valence-electron chi connectivity index (χ1n) is 4.03. The molecule has 76 valence electrons. The summed E-state index contributed by atoms with van der Waals surface area (Å²) in [7, 11) is 0. The lowest BCUT2D eigenvalue weighted by Gasteiger charge is -2.14. The van der Waals surface area contributed by atoms with E-state index in [4.69, 9.17) is 5.11 Å². The fourth-order valence-electron chi connectivity index (χ4n) is 0.979. The quantitative estimate of drug-likeness (QED) is 0.821. The monoisotopic (exact) mass is 214 g/mol. The maximum Gasteiger partial charge on any atom is 0.355 e. The van der Waals surface area contributed by atoms with Crippen molar-refractivity contribution in [1.29, 1.82) is 0 Å². The van der Waals surface area contributed by atoms with Crippen LogP contribution in [0.3, 0.4) is 0 Å². The van der Waals surface area contributed by atoms with Gasteiger partial charge < -0.3 is 5.11 Å². The smallest absolute Gasteiger partial charge is 0.355 e. The Hall–Kier alpha value is -1.43. The molecule has 0 atom stereocenters. The van der Waals surface area contributed by atoms with Crippen LogP contribution in [0.5, 0.6) is 0 Å². The van der Waals surface area contributed by atoms with E-state index in [0.29, 0.717) is 11.7 Å². The Morgan fingerprint density at radius 1 is 1.64 bits per heavy atom. The zero-order valence-corrected chi connectivity index (χ0v) is 8.67. The Morgan fingerprint density at radius 3 is 2.64 bits per heavy atom. The number of nitrogens with zero attached hydrogens (tertiary/aromatic N) is 2. The van der Waals surface area contributed by atoms with Crippen molar-refractivity contribution in [2.75, 3.05) is 11.4 Å². The van der Waals surface area contributed by atoms with Crippen LogP contribution in [0.4, 0.5) is 5.13 Å². The average Bonchev–Trinajstić information content (AvgIpc) is 2.53. The fourth-order valence-corrected chi connectivity index (χ4v) is 1.89. The highest BCUT2D eigenvalue weighted by Crippen LogP contribution is 2.20. The number of carboxylic acids is 1. The van der Waals surface area contributed by atoms with Crippen LogP contribution in [0.1, 0.15) is 24.3 Å². The summed E-state index contributed by atoms with van der Waals surface area (Å²) in [5.41, 5.74) is -0.0234. The largest absolute Gasteiger partial charge is 0.476 e. The molecule has 0 unspecified atom stereocenters. The van der Waals surface area contributed by atoms with Crippen LogP contribution in [-0.4, -0.2) is 28.5 Å². The standard InChI is InChI=1S/C8H10N2O3S/c1-3-10(5(2)11)8-9-6(4-14-8)7(12)13/h4H,3H2,1-2H3,(H,12,13). The van der Waals surface area contributed by atoms with Gasteiger partial charge in [0.25, 0.3) is 0 Å². The van der Waals surface area contributed by atoms with Crippen molar-refractivity contribution in [3.05, 3.63) is 11.1 Å². The summed E-state index contributed by atoms with van der Waals surface area (Å²) in [5.74, 6) is -1.22. The van der Waals surface area contributed by atoms with Gasteiger partial charge in [-0.05, 0) is 6.92 Å². The van der Waals surface area contributed by atoms with E-state index in [1.807, 2.05) is 6.92 Å². The second kappa shape index (κ2) is 4.19. The van der Waals surface area contributed by atoms with Gasteiger partial charge in [0.2, 0.25) is 5.91 Å². The van der Waals surface area contributed by atoms with Crippen molar-refractivity contribution in [3.63, 3.8) is 0 Å². The minimum atomic E-state index is -1.08. The zero-order valence-electron chi connectivity index (χ0n) is 7.85. The third kappa shape index (κ3) is 2.08. The van der Waals surface area contributed by atoms with Crippen LogP contribution in [0.15, 0.2) is 5.38 Å². The summed E-state index contributed by atoms with van der Waals surface area (Å²) in [6.45, 7) is 3.72. The minimum absolute atomic E-state index is 0.0234. The minimum Gasteiger partial charge on any atom is -0.476 e. The molecule has 0 bridgehead atoms. The molecule has 1 aromatic heterocycles. The lowest BCUT2D eigenvalue weighted by Crippen LogP contribution is -2.27. The Balaban J connectivity index is 2.95. The van der Waals surface area contributed by atoms with Crippen LogP contribution in [0.25, 0.3) is 0 Å². The lowest BCUT2D eigenvalue weighted by atomic mass is 10.5. The van der Waals surface area contributed by atoms with Crippen LogP contribution in [0.2, 0.25) is 0 Å². The number of amides is 1. The number of carboxylic acid groups (broad SMARTS) is 1. The van der Waals surface area contributed by atoms with Gasteiger partial charge in [0.05, 0.1) is 0 Å². The first-order valence-corrected chi connectivity index (χ1v) is 4.91. The lowest BCUT2D eigenvalue weighted by molar-refractivity contribution is -0.116. The Morgan fingerprint density at radius 2 is 2.29 bits per heavy atom. The second-order valence-corrected chi connectivity index (χ2v) is 3.42. The summed E-state index contributed by atoms with van der Waals surface area (Å²) >= 11 is 1.15. The fraction of sp³-hybridized carbons (Fsp3) is 0.375. The summed E-state index contributed by atoms with van der Waals surface area (Å²) in [4.78, 5) is 26.9. The molecule has 5 nitrogen and oxygen atoms in total. The summed E-state index contributed by atoms with van der Waals surface area (Å²) in [5, 5.41) is 10.5. The molecule has 1 N–H and O–H groups in total. The van der Waals surface area contributed by atoms with Crippen molar-refractivity contribution in [2.45, 2.75) is 13.8 Å². The van der Waals surface area contributed by atoms with E-state index < -0.39 is 5.97 Å². The Bertz CT molecular complexity index is 361. The Kier molecular flexibility index (Phi) is 3.19. The number of hydrogen-bond donors (Lipinski definition) is 1. The molecule has 1 heterocycles. The molecule has 1 aromatic rings. The van der Waals surface area contributed by atoms with Crippen molar-refractivity contribution in [1.82, 2.24) is 4.98 Å². The number of carbonyl (C=O) groups excluding carboxylic acids is 1. The highest BCUT2D eigenvalue weighted by molar-refractivity contribution is 7.14. The van der Waals surface area contributed by atoms with Crippen LogP contribution < -0.4 is 4.90 Å². The molecular weight excluding hydrogens is 204 g/mol. The summed E-state index contributed by atoms with van der Waals surface area (Å²) in [6, 6.07) is 0. The molecule has 6 heteroatoms. The molecule has 1 amide bonds. The maximum absolute atomic E-state index is 11.1.